The zero-order valence-corrected chi connectivity index (χ0v) is 31.1. The lowest BCUT2D eigenvalue weighted by Crippen LogP contribution is -3.10. The van der Waals surface area contributed by atoms with E-state index in [0.717, 1.165) is 11.3 Å². The lowest BCUT2D eigenvalue weighted by Gasteiger charge is -2.28. The van der Waals surface area contributed by atoms with E-state index in [2.05, 4.69) is 0 Å². The molecule has 0 saturated heterocycles. The van der Waals surface area contributed by atoms with Crippen LogP contribution in [0.3, 0.4) is 0 Å². The van der Waals surface area contributed by atoms with Gasteiger partial charge in [0.2, 0.25) is 0 Å². The molecular weight excluding hydrogens is 778 g/mol. The van der Waals surface area contributed by atoms with Crippen molar-refractivity contribution in [1.29, 1.82) is 0 Å². The third-order valence-electron chi connectivity index (χ3n) is 11.0. The van der Waals surface area contributed by atoms with Crippen LogP contribution in [0.2, 0.25) is 0 Å². The Hall–Kier alpha value is -4.40. The van der Waals surface area contributed by atoms with Gasteiger partial charge in [0.15, 0.2) is 0 Å². The molecule has 0 aliphatic carbocycles. The van der Waals surface area contributed by atoms with Gasteiger partial charge in [-0.2, -0.15) is 52.7 Å². The van der Waals surface area contributed by atoms with Crippen LogP contribution in [0.1, 0.15) is 79.8 Å². The second-order valence-electron chi connectivity index (χ2n) is 14.8. The summed E-state index contributed by atoms with van der Waals surface area (Å²) in [6, 6.07) is 8.30. The number of rotatable bonds is 7. The van der Waals surface area contributed by atoms with Gasteiger partial charge in [-0.05, 0) is 96.0 Å². The minimum Gasteiger partial charge on any atom is -0.493 e. The summed E-state index contributed by atoms with van der Waals surface area (Å²) in [5.74, 6) is 0.589. The van der Waals surface area contributed by atoms with Gasteiger partial charge < -0.3 is 14.4 Å². The largest absolute Gasteiger partial charge is 0.493 e. The normalized spacial score (nSPS) is 16.5. The molecule has 57 heavy (non-hydrogen) atoms. The van der Waals surface area contributed by atoms with Crippen molar-refractivity contribution in [3.05, 3.63) is 94.0 Å². The molecule has 0 fully saturated rings. The molecular formula is C42H40F12NO2+. The summed E-state index contributed by atoms with van der Waals surface area (Å²) >= 11 is 0. The van der Waals surface area contributed by atoms with Crippen LogP contribution in [0, 0.1) is 11.8 Å². The van der Waals surface area contributed by atoms with Gasteiger partial charge in [0.1, 0.15) is 24.6 Å². The van der Waals surface area contributed by atoms with Gasteiger partial charge in [0, 0.05) is 28.2 Å². The van der Waals surface area contributed by atoms with Crippen molar-refractivity contribution in [2.24, 2.45) is 11.8 Å². The average molecular weight is 819 g/mol. The van der Waals surface area contributed by atoms with Crippen molar-refractivity contribution < 1.29 is 67.1 Å². The zero-order chi connectivity index (χ0) is 41.7. The maximum Gasteiger partial charge on any atom is 0.416 e. The van der Waals surface area contributed by atoms with Gasteiger partial charge in [0.05, 0.1) is 42.0 Å². The SMILES string of the molecule is CCC(C)C(CC)C[NH+]1Cc2c(-c3cc(C(F)(F)F)cc(C(F)(F)F)c3)ccc3c2-c2c(ccc(-c4cc(C(F)(F)F)cc(C(F)(F)F)c4)c2C1)OCCCCO3. The Balaban J connectivity index is 1.74. The minimum absolute atomic E-state index is 0.0103. The second kappa shape index (κ2) is 15.7. The number of ether oxygens (including phenoxy) is 2. The molecule has 4 aromatic rings. The fourth-order valence-corrected chi connectivity index (χ4v) is 7.90. The Morgan fingerprint density at radius 1 is 0.544 bits per heavy atom. The van der Waals surface area contributed by atoms with Crippen molar-refractivity contribution in [2.45, 2.75) is 84.2 Å². The molecule has 0 spiro atoms. The highest BCUT2D eigenvalue weighted by molar-refractivity contribution is 5.91. The number of hydrogen-bond acceptors (Lipinski definition) is 2. The fourth-order valence-electron chi connectivity index (χ4n) is 7.90. The van der Waals surface area contributed by atoms with E-state index in [9.17, 15) is 52.7 Å². The van der Waals surface area contributed by atoms with Crippen LogP contribution in [0.5, 0.6) is 11.5 Å². The van der Waals surface area contributed by atoms with Crippen LogP contribution in [0.4, 0.5) is 52.7 Å². The molecule has 4 aromatic carbocycles. The van der Waals surface area contributed by atoms with E-state index in [1.807, 2.05) is 20.8 Å². The smallest absolute Gasteiger partial charge is 0.416 e. The maximum atomic E-state index is 14.2. The van der Waals surface area contributed by atoms with Gasteiger partial charge in [-0.3, -0.25) is 0 Å². The molecule has 6 rings (SSSR count). The van der Waals surface area contributed by atoms with Crippen LogP contribution >= 0.6 is 0 Å². The van der Waals surface area contributed by atoms with Gasteiger partial charge in [0.25, 0.3) is 0 Å². The Morgan fingerprint density at radius 2 is 0.912 bits per heavy atom. The van der Waals surface area contributed by atoms with E-state index in [-0.39, 0.29) is 95.2 Å². The van der Waals surface area contributed by atoms with E-state index in [0.29, 0.717) is 61.2 Å². The van der Waals surface area contributed by atoms with E-state index in [1.54, 1.807) is 0 Å². The molecule has 0 amide bonds. The quantitative estimate of drug-likeness (QED) is 0.188. The fraction of sp³-hybridized carbons (Fsp3) is 0.429. The highest BCUT2D eigenvalue weighted by Gasteiger charge is 2.41. The summed E-state index contributed by atoms with van der Waals surface area (Å²) in [4.78, 5) is 0.736. The third kappa shape index (κ3) is 9.02. The molecule has 15 heteroatoms. The van der Waals surface area contributed by atoms with Gasteiger partial charge in [-0.1, -0.05) is 39.3 Å². The summed E-state index contributed by atoms with van der Waals surface area (Å²) in [6.07, 6.45) is -18.1. The van der Waals surface area contributed by atoms with Crippen LogP contribution in [-0.2, 0) is 37.8 Å². The molecule has 2 heterocycles. The summed E-state index contributed by atoms with van der Waals surface area (Å²) in [6.45, 7) is 6.74. The number of quaternary nitrogens is 1. The molecule has 2 aliphatic rings. The van der Waals surface area contributed by atoms with Crippen molar-refractivity contribution in [1.82, 2.24) is 0 Å². The Kier molecular flexibility index (Phi) is 11.7. The summed E-state index contributed by atoms with van der Waals surface area (Å²) < 4.78 is 183. The molecule has 2 atom stereocenters. The van der Waals surface area contributed by atoms with Gasteiger partial charge in [-0.25, -0.2) is 0 Å². The van der Waals surface area contributed by atoms with E-state index in [1.165, 1.54) is 24.3 Å². The molecule has 0 aromatic heterocycles. The summed E-state index contributed by atoms with van der Waals surface area (Å²) in [7, 11) is 0. The molecule has 1 N–H and O–H groups in total. The minimum atomic E-state index is -5.14. The average Bonchev–Trinajstić information content (AvgIpc) is 3.30. The molecule has 2 aliphatic heterocycles. The van der Waals surface area contributed by atoms with Crippen LogP contribution in [0.25, 0.3) is 33.4 Å². The molecule has 2 unspecified atom stereocenters. The summed E-state index contributed by atoms with van der Waals surface area (Å²) in [5.41, 5.74) is -5.70. The first kappa shape index (κ1) is 42.2. The first-order valence-electron chi connectivity index (χ1n) is 18.6. The predicted molar refractivity (Wildman–Crippen MR) is 189 cm³/mol. The Labute approximate surface area is 321 Å². The van der Waals surface area contributed by atoms with Crippen molar-refractivity contribution >= 4 is 0 Å². The Bertz CT molecular complexity index is 1900. The standard InChI is InChI=1S/C42H39F12NO2/c1-4-23(3)24(5-2)20-55-21-33-31(25-14-27(39(43,44)45)18-28(15-25)40(46,47)48)8-10-35-37(33)38-34(22-55)32(9-11-36(38)57-13-7-6-12-56-35)26-16-29(41(49,50)51)19-30(17-26)42(52,53)54/h8-11,14-19,23-24H,4-7,12-13,20-22H2,1-3H3/p+1. The topological polar surface area (TPSA) is 22.9 Å². The van der Waals surface area contributed by atoms with E-state index in [4.69, 9.17) is 9.47 Å². The monoisotopic (exact) mass is 818 g/mol. The number of benzene rings is 4. The maximum absolute atomic E-state index is 14.2. The van der Waals surface area contributed by atoms with Crippen molar-refractivity contribution in [2.75, 3.05) is 19.8 Å². The summed E-state index contributed by atoms with van der Waals surface area (Å²) in [5, 5.41) is 0. The first-order chi connectivity index (χ1) is 26.6. The number of hydrogen-bond donors (Lipinski definition) is 1. The second-order valence-corrected chi connectivity index (χ2v) is 14.8. The van der Waals surface area contributed by atoms with Gasteiger partial charge >= 0.3 is 24.7 Å². The van der Waals surface area contributed by atoms with Crippen LogP contribution in [0.15, 0.2) is 60.7 Å². The molecule has 308 valence electrons. The van der Waals surface area contributed by atoms with Crippen molar-refractivity contribution in [3.8, 4) is 44.9 Å². The highest BCUT2D eigenvalue weighted by Crippen LogP contribution is 2.50. The lowest BCUT2D eigenvalue weighted by molar-refractivity contribution is -0.930. The Morgan fingerprint density at radius 3 is 1.23 bits per heavy atom. The van der Waals surface area contributed by atoms with E-state index >= 15 is 0 Å². The molecule has 0 saturated carbocycles. The number of halogens is 12. The zero-order valence-electron chi connectivity index (χ0n) is 31.1. The van der Waals surface area contributed by atoms with Crippen molar-refractivity contribution in [3.63, 3.8) is 0 Å². The highest BCUT2D eigenvalue weighted by atomic mass is 19.4. The predicted octanol–water partition coefficient (Wildman–Crippen LogP) is 12.3. The molecule has 3 nitrogen and oxygen atoms in total. The lowest BCUT2D eigenvalue weighted by atomic mass is 9.85. The molecule has 0 bridgehead atoms. The van der Waals surface area contributed by atoms with Gasteiger partial charge in [-0.15, -0.1) is 0 Å². The number of alkyl halides is 12. The first-order valence-corrected chi connectivity index (χ1v) is 18.6. The molecule has 0 radical (unpaired) electrons. The number of nitrogens with one attached hydrogen (secondary N) is 1. The van der Waals surface area contributed by atoms with E-state index < -0.39 is 47.0 Å². The van der Waals surface area contributed by atoms with Crippen LogP contribution in [-0.4, -0.2) is 19.8 Å². The third-order valence-corrected chi connectivity index (χ3v) is 11.0. The van der Waals surface area contributed by atoms with Crippen LogP contribution < -0.4 is 14.4 Å².